The summed E-state index contributed by atoms with van der Waals surface area (Å²) in [5, 5.41) is 14.3. The van der Waals surface area contributed by atoms with Gasteiger partial charge in [0.05, 0.1) is 18.6 Å². The predicted octanol–water partition coefficient (Wildman–Crippen LogP) is 7.71. The number of ether oxygens (including phenoxy) is 1. The van der Waals surface area contributed by atoms with Gasteiger partial charge in [-0.15, -0.1) is 0 Å². The van der Waals surface area contributed by atoms with E-state index in [0.29, 0.717) is 23.7 Å². The Balaban J connectivity index is 1.51. The molecule has 0 aliphatic heterocycles. The van der Waals surface area contributed by atoms with E-state index in [2.05, 4.69) is 60.4 Å². The molecular formula is C37H61NO4. The Morgan fingerprint density at radius 1 is 0.929 bits per heavy atom. The van der Waals surface area contributed by atoms with Crippen LogP contribution in [-0.2, 0) is 14.3 Å². The Hall–Kier alpha value is -1.36. The van der Waals surface area contributed by atoms with Crippen LogP contribution in [0.2, 0.25) is 0 Å². The Morgan fingerprint density at radius 3 is 2.24 bits per heavy atom. The summed E-state index contributed by atoms with van der Waals surface area (Å²) in [6, 6.07) is -0.604. The largest absolute Gasteiger partial charge is 0.467 e. The molecule has 5 heteroatoms. The lowest BCUT2D eigenvalue weighted by molar-refractivity contribution is -0.246. The standard InChI is InChI=1S/C37H61NO4/c1-11-23(4)30(31(40)42-10)38-32(41)37-19-14-24(22(2)3)29(37)25-12-13-27-34(7)17-16-28(39)33(5,6)26(34)15-18-36(27,9)35(25,8)20-21-37/h23-30,39H,2,11-21H2,1,3-10H3,(H,38,41)/t23-,24-,25+,26-,27+,28-,29+,30-,34-,35+,36+,37-/m0/s1. The highest BCUT2D eigenvalue weighted by Gasteiger charge is 2.72. The summed E-state index contributed by atoms with van der Waals surface area (Å²) in [5.74, 6) is 2.02. The molecule has 0 saturated heterocycles. The number of aliphatic hydroxyl groups excluding tert-OH is 1. The molecule has 238 valence electrons. The third-order valence-electron chi connectivity index (χ3n) is 15.5. The molecule has 0 unspecified atom stereocenters. The second kappa shape index (κ2) is 10.6. The number of rotatable bonds is 6. The second-order valence-electron chi connectivity index (χ2n) is 17.1. The molecule has 0 aromatic heterocycles. The molecule has 1 amide bonds. The summed E-state index contributed by atoms with van der Waals surface area (Å²) < 4.78 is 5.16. The van der Waals surface area contributed by atoms with Crippen molar-refractivity contribution in [2.24, 2.45) is 62.6 Å². The number of carbonyl (C=O) groups excluding carboxylic acids is 2. The number of nitrogens with one attached hydrogen (secondary N) is 1. The van der Waals surface area contributed by atoms with Gasteiger partial charge >= 0.3 is 5.97 Å². The first-order valence-electron chi connectivity index (χ1n) is 17.3. The molecule has 5 aliphatic rings. The maximum atomic E-state index is 14.5. The van der Waals surface area contributed by atoms with Crippen LogP contribution < -0.4 is 5.32 Å². The predicted molar refractivity (Wildman–Crippen MR) is 168 cm³/mol. The van der Waals surface area contributed by atoms with Crippen LogP contribution in [0.5, 0.6) is 0 Å². The van der Waals surface area contributed by atoms with Crippen molar-refractivity contribution in [2.45, 2.75) is 138 Å². The first kappa shape index (κ1) is 32.0. The molecule has 42 heavy (non-hydrogen) atoms. The molecule has 0 spiro atoms. The van der Waals surface area contributed by atoms with E-state index >= 15 is 0 Å². The fraction of sp³-hybridized carbons (Fsp3) is 0.892. The van der Waals surface area contributed by atoms with Crippen molar-refractivity contribution >= 4 is 11.9 Å². The molecule has 0 radical (unpaired) electrons. The van der Waals surface area contributed by atoms with Crippen LogP contribution in [0.15, 0.2) is 12.2 Å². The first-order chi connectivity index (χ1) is 19.5. The zero-order valence-corrected chi connectivity index (χ0v) is 28.3. The van der Waals surface area contributed by atoms with E-state index in [4.69, 9.17) is 4.74 Å². The summed E-state index contributed by atoms with van der Waals surface area (Å²) in [5.41, 5.74) is 1.31. The molecule has 5 saturated carbocycles. The number of hydrogen-bond donors (Lipinski definition) is 2. The molecule has 0 aromatic rings. The molecule has 12 atom stereocenters. The van der Waals surface area contributed by atoms with Crippen molar-refractivity contribution in [3.63, 3.8) is 0 Å². The summed E-state index contributed by atoms with van der Waals surface area (Å²) in [6.45, 7) is 23.2. The fourth-order valence-corrected chi connectivity index (χ4v) is 12.6. The van der Waals surface area contributed by atoms with Gasteiger partial charge in [-0.1, -0.05) is 67.0 Å². The van der Waals surface area contributed by atoms with Gasteiger partial charge < -0.3 is 15.2 Å². The van der Waals surface area contributed by atoms with Crippen molar-refractivity contribution in [3.05, 3.63) is 12.2 Å². The van der Waals surface area contributed by atoms with E-state index in [0.717, 1.165) is 51.4 Å². The van der Waals surface area contributed by atoms with E-state index in [9.17, 15) is 14.7 Å². The van der Waals surface area contributed by atoms with Crippen molar-refractivity contribution < 1.29 is 19.4 Å². The second-order valence-corrected chi connectivity index (χ2v) is 17.1. The minimum Gasteiger partial charge on any atom is -0.467 e. The van der Waals surface area contributed by atoms with Crippen LogP contribution in [0.25, 0.3) is 0 Å². The van der Waals surface area contributed by atoms with E-state index in [-0.39, 0.29) is 51.5 Å². The van der Waals surface area contributed by atoms with Crippen LogP contribution in [0, 0.1) is 62.6 Å². The Kier molecular flexibility index (Phi) is 8.11. The summed E-state index contributed by atoms with van der Waals surface area (Å²) in [7, 11) is 1.42. The monoisotopic (exact) mass is 583 g/mol. The first-order valence-corrected chi connectivity index (χ1v) is 17.3. The lowest BCUT2D eigenvalue weighted by Crippen LogP contribution is -2.67. The minimum absolute atomic E-state index is 0.0204. The lowest BCUT2D eigenvalue weighted by atomic mass is 9.32. The van der Waals surface area contributed by atoms with Crippen LogP contribution in [0.3, 0.4) is 0 Å². The number of fused-ring (bicyclic) bond motifs is 7. The van der Waals surface area contributed by atoms with Crippen LogP contribution >= 0.6 is 0 Å². The summed E-state index contributed by atoms with van der Waals surface area (Å²) >= 11 is 0. The third kappa shape index (κ3) is 4.24. The van der Waals surface area contributed by atoms with Gasteiger partial charge in [0.15, 0.2) is 0 Å². The molecule has 5 fully saturated rings. The highest BCUT2D eigenvalue weighted by atomic mass is 16.5. The van der Waals surface area contributed by atoms with Gasteiger partial charge in [-0.3, -0.25) is 4.79 Å². The Bertz CT molecular complexity index is 1100. The van der Waals surface area contributed by atoms with Gasteiger partial charge in [0.25, 0.3) is 0 Å². The number of aliphatic hydroxyl groups is 1. The molecule has 2 N–H and O–H groups in total. The van der Waals surface area contributed by atoms with Gasteiger partial charge in [0, 0.05) is 0 Å². The maximum Gasteiger partial charge on any atom is 0.328 e. The van der Waals surface area contributed by atoms with E-state index in [1.807, 2.05) is 6.92 Å². The smallest absolute Gasteiger partial charge is 0.328 e. The number of esters is 1. The van der Waals surface area contributed by atoms with Gasteiger partial charge in [0.2, 0.25) is 5.91 Å². The molecule has 0 bridgehead atoms. The van der Waals surface area contributed by atoms with Gasteiger partial charge in [0.1, 0.15) is 6.04 Å². The van der Waals surface area contributed by atoms with Crippen LogP contribution in [-0.4, -0.2) is 36.2 Å². The quantitative estimate of drug-likeness (QED) is 0.248. The molecule has 5 rings (SSSR count). The van der Waals surface area contributed by atoms with Crippen molar-refractivity contribution in [2.75, 3.05) is 7.11 Å². The Morgan fingerprint density at radius 2 is 1.62 bits per heavy atom. The third-order valence-corrected chi connectivity index (χ3v) is 15.5. The zero-order chi connectivity index (χ0) is 31.0. The SMILES string of the molecule is C=C(C)[C@@H]1CC[C@]2(C(=O)N[C@H](C(=O)OC)[C@@H](C)CC)CC[C@]3(C)[C@H](CC[C@@H]4[C@@]5(C)CC[C@H](O)C(C)(C)[C@@H]5CC[C@]43C)[C@@H]12. The van der Waals surface area contributed by atoms with Crippen LogP contribution in [0.4, 0.5) is 0 Å². The normalized spacial score (nSPS) is 47.1. The average Bonchev–Trinajstić information content (AvgIpc) is 3.35. The molecular weight excluding hydrogens is 522 g/mol. The average molecular weight is 584 g/mol. The Labute approximate surface area is 256 Å². The minimum atomic E-state index is -0.604. The number of hydrogen-bond acceptors (Lipinski definition) is 4. The topological polar surface area (TPSA) is 75.6 Å². The van der Waals surface area contributed by atoms with Gasteiger partial charge in [-0.05, 0) is 128 Å². The van der Waals surface area contributed by atoms with Crippen molar-refractivity contribution in [1.29, 1.82) is 0 Å². The molecule has 5 aliphatic carbocycles. The van der Waals surface area contributed by atoms with Gasteiger partial charge in [-0.2, -0.15) is 0 Å². The van der Waals surface area contributed by atoms with Gasteiger partial charge in [-0.25, -0.2) is 4.79 Å². The van der Waals surface area contributed by atoms with Crippen molar-refractivity contribution in [1.82, 2.24) is 5.32 Å². The summed E-state index contributed by atoms with van der Waals surface area (Å²) in [4.78, 5) is 27.3. The molecule has 5 nitrogen and oxygen atoms in total. The fourth-order valence-electron chi connectivity index (χ4n) is 12.6. The maximum absolute atomic E-state index is 14.5. The highest BCUT2D eigenvalue weighted by molar-refractivity contribution is 5.89. The van der Waals surface area contributed by atoms with E-state index in [1.165, 1.54) is 31.9 Å². The number of carbonyl (C=O) groups is 2. The lowest BCUT2D eigenvalue weighted by Gasteiger charge is -2.72. The van der Waals surface area contributed by atoms with Crippen LogP contribution in [0.1, 0.15) is 126 Å². The summed E-state index contributed by atoms with van der Waals surface area (Å²) in [6.07, 6.45) is 11.3. The zero-order valence-electron chi connectivity index (χ0n) is 28.3. The van der Waals surface area contributed by atoms with E-state index in [1.54, 1.807) is 0 Å². The molecule has 0 heterocycles. The molecule has 0 aromatic carbocycles. The highest BCUT2D eigenvalue weighted by Crippen LogP contribution is 2.77. The van der Waals surface area contributed by atoms with Crippen molar-refractivity contribution in [3.8, 4) is 0 Å². The number of amides is 1. The van der Waals surface area contributed by atoms with E-state index < -0.39 is 11.5 Å². The number of methoxy groups -OCH3 is 1. The number of allylic oxidation sites excluding steroid dienone is 1.